The van der Waals surface area contributed by atoms with E-state index < -0.39 is 0 Å². The molecule has 0 amide bonds. The Morgan fingerprint density at radius 2 is 2.10 bits per heavy atom. The Morgan fingerprint density at radius 3 is 2.80 bits per heavy atom. The van der Waals surface area contributed by atoms with E-state index in [2.05, 4.69) is 6.92 Å². The van der Waals surface area contributed by atoms with E-state index in [0.717, 1.165) is 18.8 Å². The van der Waals surface area contributed by atoms with Crippen LogP contribution in [-0.2, 0) is 4.74 Å². The van der Waals surface area contributed by atoms with Crippen LogP contribution in [-0.4, -0.2) is 18.5 Å². The van der Waals surface area contributed by atoms with Crippen LogP contribution in [0.25, 0.3) is 0 Å². The van der Waals surface area contributed by atoms with Gasteiger partial charge in [-0.15, -0.1) is 0 Å². The van der Waals surface area contributed by atoms with Gasteiger partial charge in [-0.05, 0) is 37.0 Å². The minimum absolute atomic E-state index is 0.0396. The minimum atomic E-state index is -0.0396. The zero-order valence-corrected chi connectivity index (χ0v) is 13.2. The van der Waals surface area contributed by atoms with Crippen molar-refractivity contribution in [3.8, 4) is 0 Å². The molecule has 1 aromatic rings. The molecule has 1 aliphatic rings. The summed E-state index contributed by atoms with van der Waals surface area (Å²) in [5, 5.41) is 0.864. The largest absolute Gasteiger partial charge is 0.370 e. The highest BCUT2D eigenvalue weighted by molar-refractivity contribution is 6.42. The van der Waals surface area contributed by atoms with Crippen molar-refractivity contribution in [2.45, 2.75) is 45.1 Å². The van der Waals surface area contributed by atoms with Crippen molar-refractivity contribution < 1.29 is 9.53 Å². The zero-order valence-electron chi connectivity index (χ0n) is 11.7. The van der Waals surface area contributed by atoms with Crippen LogP contribution < -0.4 is 0 Å². The Hall–Kier alpha value is -0.570. The van der Waals surface area contributed by atoms with Crippen molar-refractivity contribution in [3.63, 3.8) is 0 Å². The third-order valence-electron chi connectivity index (χ3n) is 4.00. The number of hydrogen-bond donors (Lipinski definition) is 0. The molecule has 4 heteroatoms. The number of halogens is 2. The van der Waals surface area contributed by atoms with E-state index in [4.69, 9.17) is 27.9 Å². The molecule has 0 aliphatic heterocycles. The molecule has 1 aromatic carbocycles. The van der Waals surface area contributed by atoms with E-state index >= 15 is 0 Å². The SMILES string of the molecule is CCC1CCCC(OCC(=O)c2ccc(Cl)c(Cl)c2)C1. The van der Waals surface area contributed by atoms with Crippen LogP contribution in [0, 0.1) is 5.92 Å². The van der Waals surface area contributed by atoms with E-state index in [1.807, 2.05) is 0 Å². The molecule has 2 unspecified atom stereocenters. The monoisotopic (exact) mass is 314 g/mol. The van der Waals surface area contributed by atoms with Gasteiger partial charge in [0, 0.05) is 5.56 Å². The number of carbonyl (C=O) groups excluding carboxylic acids is 1. The van der Waals surface area contributed by atoms with Gasteiger partial charge >= 0.3 is 0 Å². The number of benzene rings is 1. The lowest BCUT2D eigenvalue weighted by atomic mass is 9.85. The average Bonchev–Trinajstić information content (AvgIpc) is 2.47. The summed E-state index contributed by atoms with van der Waals surface area (Å²) in [6.07, 6.45) is 6.04. The highest BCUT2D eigenvalue weighted by Crippen LogP contribution is 2.28. The molecule has 0 saturated heterocycles. The maximum absolute atomic E-state index is 12.1. The number of rotatable bonds is 5. The first-order valence-corrected chi connectivity index (χ1v) is 7.95. The molecule has 2 nitrogen and oxygen atoms in total. The molecule has 2 atom stereocenters. The normalized spacial score (nSPS) is 22.8. The van der Waals surface area contributed by atoms with Crippen molar-refractivity contribution in [3.05, 3.63) is 33.8 Å². The lowest BCUT2D eigenvalue weighted by Gasteiger charge is -2.28. The standard InChI is InChI=1S/C16H20Cl2O2/c1-2-11-4-3-5-13(8-11)20-10-16(19)12-6-7-14(17)15(18)9-12/h6-7,9,11,13H,2-5,8,10H2,1H3. The second kappa shape index (κ2) is 7.44. The van der Waals surface area contributed by atoms with Crippen LogP contribution in [0.5, 0.6) is 0 Å². The molecular formula is C16H20Cl2O2. The van der Waals surface area contributed by atoms with Crippen molar-refractivity contribution >= 4 is 29.0 Å². The molecule has 0 radical (unpaired) electrons. The molecule has 110 valence electrons. The van der Waals surface area contributed by atoms with Crippen molar-refractivity contribution in [1.82, 2.24) is 0 Å². The third-order valence-corrected chi connectivity index (χ3v) is 4.74. The van der Waals surface area contributed by atoms with Gasteiger partial charge in [-0.3, -0.25) is 4.79 Å². The predicted octanol–water partition coefficient (Wildman–Crippen LogP) is 5.16. The van der Waals surface area contributed by atoms with Crippen LogP contribution in [0.4, 0.5) is 0 Å². The molecule has 0 N–H and O–H groups in total. The Bertz CT molecular complexity index is 474. The summed E-state index contributed by atoms with van der Waals surface area (Å²) in [4.78, 5) is 12.1. The molecule has 0 bridgehead atoms. The number of carbonyl (C=O) groups is 1. The molecular weight excluding hydrogens is 295 g/mol. The van der Waals surface area contributed by atoms with Gasteiger partial charge in [-0.2, -0.15) is 0 Å². The van der Waals surface area contributed by atoms with Gasteiger partial charge in [0.25, 0.3) is 0 Å². The highest BCUT2D eigenvalue weighted by Gasteiger charge is 2.22. The maximum Gasteiger partial charge on any atom is 0.188 e. The maximum atomic E-state index is 12.1. The van der Waals surface area contributed by atoms with E-state index in [-0.39, 0.29) is 18.5 Å². The van der Waals surface area contributed by atoms with Gasteiger partial charge in [0.1, 0.15) is 6.61 Å². The number of hydrogen-bond acceptors (Lipinski definition) is 2. The third kappa shape index (κ3) is 4.21. The second-order valence-corrected chi connectivity index (χ2v) is 6.24. The van der Waals surface area contributed by atoms with Crippen LogP contribution >= 0.6 is 23.2 Å². The number of ether oxygens (including phenoxy) is 1. The van der Waals surface area contributed by atoms with Gasteiger partial charge < -0.3 is 4.74 Å². The zero-order chi connectivity index (χ0) is 14.5. The van der Waals surface area contributed by atoms with Crippen LogP contribution in [0.2, 0.25) is 10.0 Å². The summed E-state index contributed by atoms with van der Waals surface area (Å²) in [6, 6.07) is 4.94. The Balaban J connectivity index is 1.87. The summed E-state index contributed by atoms with van der Waals surface area (Å²) < 4.78 is 5.78. The lowest BCUT2D eigenvalue weighted by Crippen LogP contribution is -2.25. The predicted molar refractivity (Wildman–Crippen MR) is 82.8 cm³/mol. The van der Waals surface area contributed by atoms with Crippen LogP contribution in [0.1, 0.15) is 49.4 Å². The first-order valence-electron chi connectivity index (χ1n) is 7.20. The van der Waals surface area contributed by atoms with Gasteiger partial charge in [-0.1, -0.05) is 49.4 Å². The molecule has 20 heavy (non-hydrogen) atoms. The summed E-state index contributed by atoms with van der Waals surface area (Å²) in [7, 11) is 0. The van der Waals surface area contributed by atoms with E-state index in [1.54, 1.807) is 18.2 Å². The Kier molecular flexibility index (Phi) is 5.88. The lowest BCUT2D eigenvalue weighted by molar-refractivity contribution is 0.0156. The first-order chi connectivity index (χ1) is 9.60. The summed E-state index contributed by atoms with van der Waals surface area (Å²) in [5.41, 5.74) is 0.558. The highest BCUT2D eigenvalue weighted by atomic mass is 35.5. The quantitative estimate of drug-likeness (QED) is 0.701. The molecule has 2 rings (SSSR count). The van der Waals surface area contributed by atoms with Crippen molar-refractivity contribution in [2.75, 3.05) is 6.61 Å². The summed E-state index contributed by atoms with van der Waals surface area (Å²) in [5.74, 6) is 0.705. The Labute approximate surface area is 130 Å². The molecule has 0 spiro atoms. The van der Waals surface area contributed by atoms with Gasteiger partial charge in [0.05, 0.1) is 16.1 Å². The molecule has 1 saturated carbocycles. The fraction of sp³-hybridized carbons (Fsp3) is 0.562. The fourth-order valence-electron chi connectivity index (χ4n) is 2.71. The van der Waals surface area contributed by atoms with Crippen LogP contribution in [0.15, 0.2) is 18.2 Å². The summed E-state index contributed by atoms with van der Waals surface area (Å²) in [6.45, 7) is 2.34. The van der Waals surface area contributed by atoms with Crippen molar-refractivity contribution in [1.29, 1.82) is 0 Å². The smallest absolute Gasteiger partial charge is 0.188 e. The molecule has 1 aliphatic carbocycles. The Morgan fingerprint density at radius 1 is 1.30 bits per heavy atom. The molecule has 0 heterocycles. The molecule has 1 fully saturated rings. The van der Waals surface area contributed by atoms with E-state index in [0.29, 0.717) is 15.6 Å². The van der Waals surface area contributed by atoms with Crippen LogP contribution in [0.3, 0.4) is 0 Å². The minimum Gasteiger partial charge on any atom is -0.370 e. The molecule has 0 aromatic heterocycles. The second-order valence-electron chi connectivity index (χ2n) is 5.43. The van der Waals surface area contributed by atoms with Crippen molar-refractivity contribution in [2.24, 2.45) is 5.92 Å². The van der Waals surface area contributed by atoms with E-state index in [9.17, 15) is 4.79 Å². The topological polar surface area (TPSA) is 26.3 Å². The number of Topliss-reactive ketones (excluding diaryl/α,β-unsaturated/α-hetero) is 1. The first kappa shape index (κ1) is 15.8. The van der Waals surface area contributed by atoms with Gasteiger partial charge in [0.2, 0.25) is 0 Å². The number of ketones is 1. The average molecular weight is 315 g/mol. The van der Waals surface area contributed by atoms with Gasteiger partial charge in [-0.25, -0.2) is 0 Å². The van der Waals surface area contributed by atoms with E-state index in [1.165, 1.54) is 19.3 Å². The fourth-order valence-corrected chi connectivity index (χ4v) is 3.01. The van der Waals surface area contributed by atoms with Gasteiger partial charge in [0.15, 0.2) is 5.78 Å². The summed E-state index contributed by atoms with van der Waals surface area (Å²) >= 11 is 11.8.